The first kappa shape index (κ1) is 12.9. The van der Waals surface area contributed by atoms with E-state index >= 15 is 0 Å². The van der Waals surface area contributed by atoms with E-state index in [9.17, 15) is 4.79 Å². The lowest BCUT2D eigenvalue weighted by atomic mass is 10.1. The van der Waals surface area contributed by atoms with Crippen LogP contribution < -0.4 is 5.32 Å². The summed E-state index contributed by atoms with van der Waals surface area (Å²) in [7, 11) is 0. The lowest BCUT2D eigenvalue weighted by Gasteiger charge is -2.04. The third-order valence-corrected chi connectivity index (χ3v) is 3.91. The van der Waals surface area contributed by atoms with E-state index in [4.69, 9.17) is 0 Å². The van der Waals surface area contributed by atoms with Crippen LogP contribution in [-0.2, 0) is 0 Å². The summed E-state index contributed by atoms with van der Waals surface area (Å²) < 4.78 is 0.912. The van der Waals surface area contributed by atoms with E-state index in [1.54, 1.807) is 12.1 Å². The molecule has 1 aromatic heterocycles. The van der Waals surface area contributed by atoms with E-state index in [0.717, 1.165) is 21.1 Å². The maximum absolute atomic E-state index is 12.2. The fraction of sp³-hybridized carbons (Fsp3) is 0.0667. The van der Waals surface area contributed by atoms with Gasteiger partial charge in [-0.25, -0.2) is 4.98 Å². The molecule has 100 valence electrons. The second-order valence-corrected chi connectivity index (χ2v) is 5.37. The van der Waals surface area contributed by atoms with Crippen molar-refractivity contribution in [2.75, 3.05) is 5.32 Å². The summed E-state index contributed by atoms with van der Waals surface area (Å²) in [6.07, 6.45) is 0. The van der Waals surface area contributed by atoms with Crippen LogP contribution in [0.4, 0.5) is 5.95 Å². The molecule has 0 bridgehead atoms. The van der Waals surface area contributed by atoms with E-state index in [2.05, 4.69) is 31.2 Å². The number of aryl methyl sites for hydroxylation is 1. The largest absolute Gasteiger partial charge is 0.324 e. The number of imidazole rings is 1. The van der Waals surface area contributed by atoms with Gasteiger partial charge in [-0.15, -0.1) is 0 Å². The number of anilines is 1. The number of hydrogen-bond donors (Lipinski definition) is 2. The maximum atomic E-state index is 12.2. The number of halogens is 1. The molecule has 0 saturated carbocycles. The van der Waals surface area contributed by atoms with Gasteiger partial charge in [0, 0.05) is 10.0 Å². The number of fused-ring (bicyclic) bond motifs is 1. The smallest absolute Gasteiger partial charge is 0.258 e. The quantitative estimate of drug-likeness (QED) is 0.749. The number of benzene rings is 2. The summed E-state index contributed by atoms with van der Waals surface area (Å²) in [5, 5.41) is 2.77. The van der Waals surface area contributed by atoms with Crippen LogP contribution in [0.15, 0.2) is 46.9 Å². The standard InChI is InChI=1S/C15H12BrN3O/c1-9-6-7-10(8-11(9)16)14(20)19-15-17-12-4-2-3-5-13(12)18-15/h2-8H,1H3,(H2,17,18,19,20). The second-order valence-electron chi connectivity index (χ2n) is 4.52. The zero-order valence-electron chi connectivity index (χ0n) is 10.8. The normalized spacial score (nSPS) is 10.7. The first-order valence-electron chi connectivity index (χ1n) is 6.16. The molecule has 0 aliphatic rings. The monoisotopic (exact) mass is 329 g/mol. The van der Waals surface area contributed by atoms with E-state index in [-0.39, 0.29) is 5.91 Å². The summed E-state index contributed by atoms with van der Waals surface area (Å²) in [5.41, 5.74) is 3.40. The summed E-state index contributed by atoms with van der Waals surface area (Å²) in [6, 6.07) is 13.1. The average molecular weight is 330 g/mol. The summed E-state index contributed by atoms with van der Waals surface area (Å²) >= 11 is 3.42. The molecule has 0 aliphatic carbocycles. The van der Waals surface area contributed by atoms with Gasteiger partial charge in [-0.2, -0.15) is 0 Å². The zero-order valence-corrected chi connectivity index (χ0v) is 12.4. The Labute approximate surface area is 124 Å². The molecule has 3 rings (SSSR count). The van der Waals surface area contributed by atoms with Crippen molar-refractivity contribution in [3.05, 3.63) is 58.1 Å². The Bertz CT molecular complexity index is 762. The number of amides is 1. The first-order valence-corrected chi connectivity index (χ1v) is 6.95. The number of H-pyrrole nitrogens is 1. The van der Waals surface area contributed by atoms with Crippen LogP contribution in [-0.4, -0.2) is 15.9 Å². The number of nitrogens with zero attached hydrogens (tertiary/aromatic N) is 1. The van der Waals surface area contributed by atoms with Crippen molar-refractivity contribution in [1.29, 1.82) is 0 Å². The van der Waals surface area contributed by atoms with Crippen LogP contribution in [0.2, 0.25) is 0 Å². The van der Waals surface area contributed by atoms with Gasteiger partial charge in [0.2, 0.25) is 5.95 Å². The van der Waals surface area contributed by atoms with Gasteiger partial charge in [-0.1, -0.05) is 34.1 Å². The number of aromatic amines is 1. The fourth-order valence-corrected chi connectivity index (χ4v) is 2.30. The Hall–Kier alpha value is -2.14. The first-order chi connectivity index (χ1) is 9.63. The molecule has 0 atom stereocenters. The minimum Gasteiger partial charge on any atom is -0.324 e. The molecule has 5 heteroatoms. The number of para-hydroxylation sites is 2. The minimum atomic E-state index is -0.190. The highest BCUT2D eigenvalue weighted by molar-refractivity contribution is 9.10. The fourth-order valence-electron chi connectivity index (χ4n) is 1.93. The molecule has 20 heavy (non-hydrogen) atoms. The van der Waals surface area contributed by atoms with Crippen LogP contribution >= 0.6 is 15.9 Å². The van der Waals surface area contributed by atoms with Gasteiger partial charge in [0.25, 0.3) is 5.91 Å². The van der Waals surface area contributed by atoms with E-state index < -0.39 is 0 Å². The maximum Gasteiger partial charge on any atom is 0.258 e. The Morgan fingerprint density at radius 1 is 1.25 bits per heavy atom. The number of carbonyl (C=O) groups is 1. The predicted octanol–water partition coefficient (Wildman–Crippen LogP) is 3.89. The number of carbonyl (C=O) groups excluding carboxylic acids is 1. The predicted molar refractivity (Wildman–Crippen MR) is 82.9 cm³/mol. The molecular formula is C15H12BrN3O. The van der Waals surface area contributed by atoms with Gasteiger partial charge in [0.15, 0.2) is 0 Å². The lowest BCUT2D eigenvalue weighted by molar-refractivity contribution is 0.102. The molecule has 0 fully saturated rings. The third-order valence-electron chi connectivity index (χ3n) is 3.06. The Balaban J connectivity index is 1.86. The topological polar surface area (TPSA) is 57.8 Å². The molecule has 2 N–H and O–H groups in total. The SMILES string of the molecule is Cc1ccc(C(=O)Nc2nc3ccccc3[nH]2)cc1Br. The molecule has 3 aromatic rings. The molecule has 1 amide bonds. The van der Waals surface area contributed by atoms with Crippen LogP contribution in [0.1, 0.15) is 15.9 Å². The number of aromatic nitrogens is 2. The Kier molecular flexibility index (Phi) is 3.28. The second kappa shape index (κ2) is 5.09. The van der Waals surface area contributed by atoms with Gasteiger partial charge < -0.3 is 4.98 Å². The van der Waals surface area contributed by atoms with Crippen molar-refractivity contribution in [3.8, 4) is 0 Å². The van der Waals surface area contributed by atoms with Crippen molar-refractivity contribution in [3.63, 3.8) is 0 Å². The van der Waals surface area contributed by atoms with Crippen LogP contribution in [0.25, 0.3) is 11.0 Å². The van der Waals surface area contributed by atoms with Crippen molar-refractivity contribution in [2.24, 2.45) is 0 Å². The molecule has 0 saturated heterocycles. The highest BCUT2D eigenvalue weighted by Crippen LogP contribution is 2.19. The highest BCUT2D eigenvalue weighted by Gasteiger charge is 2.10. The molecule has 0 unspecified atom stereocenters. The van der Waals surface area contributed by atoms with Crippen molar-refractivity contribution < 1.29 is 4.79 Å². The third kappa shape index (κ3) is 2.44. The van der Waals surface area contributed by atoms with E-state index in [0.29, 0.717) is 11.5 Å². The number of hydrogen-bond acceptors (Lipinski definition) is 2. The number of nitrogens with one attached hydrogen (secondary N) is 2. The van der Waals surface area contributed by atoms with E-state index in [1.807, 2.05) is 37.3 Å². The average Bonchev–Trinajstić information content (AvgIpc) is 2.83. The molecule has 0 aliphatic heterocycles. The van der Waals surface area contributed by atoms with Crippen molar-refractivity contribution in [1.82, 2.24) is 9.97 Å². The highest BCUT2D eigenvalue weighted by atomic mass is 79.9. The molecule has 0 radical (unpaired) electrons. The number of rotatable bonds is 2. The summed E-state index contributed by atoms with van der Waals surface area (Å²) in [5.74, 6) is 0.262. The lowest BCUT2D eigenvalue weighted by Crippen LogP contribution is -2.13. The van der Waals surface area contributed by atoms with Gasteiger partial charge in [-0.3, -0.25) is 10.1 Å². The Morgan fingerprint density at radius 3 is 2.80 bits per heavy atom. The van der Waals surface area contributed by atoms with E-state index in [1.165, 1.54) is 0 Å². The summed E-state index contributed by atoms with van der Waals surface area (Å²) in [4.78, 5) is 19.5. The molecule has 0 spiro atoms. The van der Waals surface area contributed by atoms with Crippen molar-refractivity contribution >= 4 is 38.8 Å². The van der Waals surface area contributed by atoms with Crippen molar-refractivity contribution in [2.45, 2.75) is 6.92 Å². The Morgan fingerprint density at radius 2 is 2.05 bits per heavy atom. The molecule has 2 aromatic carbocycles. The van der Waals surface area contributed by atoms with Crippen LogP contribution in [0.3, 0.4) is 0 Å². The molecular weight excluding hydrogens is 318 g/mol. The summed E-state index contributed by atoms with van der Waals surface area (Å²) in [6.45, 7) is 1.98. The van der Waals surface area contributed by atoms with Crippen LogP contribution in [0, 0.1) is 6.92 Å². The van der Waals surface area contributed by atoms with Gasteiger partial charge in [-0.05, 0) is 36.8 Å². The van der Waals surface area contributed by atoms with Gasteiger partial charge >= 0.3 is 0 Å². The van der Waals surface area contributed by atoms with Gasteiger partial charge in [0.05, 0.1) is 11.0 Å². The van der Waals surface area contributed by atoms with Crippen LogP contribution in [0.5, 0.6) is 0 Å². The minimum absolute atomic E-state index is 0.190. The van der Waals surface area contributed by atoms with Gasteiger partial charge in [0.1, 0.15) is 0 Å². The molecule has 1 heterocycles. The molecule has 4 nitrogen and oxygen atoms in total. The zero-order chi connectivity index (χ0) is 14.1.